The first-order valence-corrected chi connectivity index (χ1v) is 8.10. The molecule has 1 N–H and O–H groups in total. The highest BCUT2D eigenvalue weighted by Gasteiger charge is 2.19. The summed E-state index contributed by atoms with van der Waals surface area (Å²) < 4.78 is 19.5. The van der Waals surface area contributed by atoms with Gasteiger partial charge in [0, 0.05) is 35.4 Å². The van der Waals surface area contributed by atoms with Gasteiger partial charge in [0.25, 0.3) is 0 Å². The Balaban J connectivity index is 2.09. The molecular formula is C16H24FNOS. The molecule has 1 aromatic rings. The Kier molecular flexibility index (Phi) is 5.47. The Morgan fingerprint density at radius 2 is 2.00 bits per heavy atom. The number of hydrogen-bond acceptors (Lipinski definition) is 3. The molecule has 2 nitrogen and oxygen atoms in total. The number of ether oxygens (including phenoxy) is 1. The van der Waals surface area contributed by atoms with Crippen LogP contribution in [0.2, 0.25) is 0 Å². The third-order valence-corrected chi connectivity index (χ3v) is 4.81. The summed E-state index contributed by atoms with van der Waals surface area (Å²) in [6, 6.07) is 5.37. The van der Waals surface area contributed by atoms with Crippen LogP contribution < -0.4 is 5.32 Å². The molecule has 2 rings (SSSR count). The molecule has 0 saturated carbocycles. The first kappa shape index (κ1) is 15.8. The van der Waals surface area contributed by atoms with E-state index >= 15 is 0 Å². The predicted octanol–water partition coefficient (Wildman–Crippen LogP) is 3.98. The molecular weight excluding hydrogens is 273 g/mol. The molecule has 1 aliphatic heterocycles. The van der Waals surface area contributed by atoms with Crippen LogP contribution in [0.5, 0.6) is 0 Å². The highest BCUT2D eigenvalue weighted by atomic mass is 32.2. The fraction of sp³-hybridized carbons (Fsp3) is 0.625. The van der Waals surface area contributed by atoms with Crippen molar-refractivity contribution in [3.05, 3.63) is 29.6 Å². The minimum absolute atomic E-state index is 0.0347. The summed E-state index contributed by atoms with van der Waals surface area (Å²) in [6.07, 6.45) is 2.01. The summed E-state index contributed by atoms with van der Waals surface area (Å²) in [5, 5.41) is 3.91. The van der Waals surface area contributed by atoms with Crippen LogP contribution >= 0.6 is 11.8 Å². The van der Waals surface area contributed by atoms with Crippen LogP contribution in [0.1, 0.15) is 39.2 Å². The van der Waals surface area contributed by atoms with Crippen molar-refractivity contribution in [3.8, 4) is 0 Å². The number of benzene rings is 1. The maximum atomic E-state index is 14.1. The second-order valence-electron chi connectivity index (χ2n) is 6.26. The van der Waals surface area contributed by atoms with Crippen LogP contribution in [-0.2, 0) is 11.3 Å². The van der Waals surface area contributed by atoms with Crippen molar-refractivity contribution in [2.75, 3.05) is 13.2 Å². The molecule has 0 aromatic heterocycles. The van der Waals surface area contributed by atoms with Gasteiger partial charge in [0.2, 0.25) is 0 Å². The van der Waals surface area contributed by atoms with E-state index in [1.807, 2.05) is 6.07 Å². The van der Waals surface area contributed by atoms with Crippen molar-refractivity contribution >= 4 is 11.8 Å². The first-order chi connectivity index (χ1) is 9.46. The summed E-state index contributed by atoms with van der Waals surface area (Å²) in [7, 11) is 0. The van der Waals surface area contributed by atoms with Gasteiger partial charge in [0.15, 0.2) is 0 Å². The fourth-order valence-corrected chi connectivity index (χ4v) is 3.38. The maximum absolute atomic E-state index is 14.1. The van der Waals surface area contributed by atoms with E-state index in [4.69, 9.17) is 4.74 Å². The largest absolute Gasteiger partial charge is 0.381 e. The summed E-state index contributed by atoms with van der Waals surface area (Å²) >= 11 is 1.67. The molecule has 1 heterocycles. The first-order valence-electron chi connectivity index (χ1n) is 7.22. The molecule has 4 heteroatoms. The van der Waals surface area contributed by atoms with Gasteiger partial charge >= 0.3 is 0 Å². The quantitative estimate of drug-likeness (QED) is 0.908. The van der Waals surface area contributed by atoms with Crippen LogP contribution in [-0.4, -0.2) is 24.0 Å². The number of rotatable bonds is 4. The van der Waals surface area contributed by atoms with E-state index in [9.17, 15) is 4.39 Å². The smallest absolute Gasteiger partial charge is 0.137 e. The number of halogens is 1. The van der Waals surface area contributed by atoms with Crippen LogP contribution in [0.4, 0.5) is 4.39 Å². The van der Waals surface area contributed by atoms with Crippen molar-refractivity contribution < 1.29 is 9.13 Å². The lowest BCUT2D eigenvalue weighted by molar-refractivity contribution is 0.1000. The number of hydrogen-bond donors (Lipinski definition) is 1. The average Bonchev–Trinajstić information content (AvgIpc) is 2.40. The highest BCUT2D eigenvalue weighted by molar-refractivity contribution is 8.00. The van der Waals surface area contributed by atoms with Crippen LogP contribution in [0.3, 0.4) is 0 Å². The molecule has 1 fully saturated rings. The Hall–Kier alpha value is -0.580. The van der Waals surface area contributed by atoms with Crippen molar-refractivity contribution in [2.45, 2.75) is 55.8 Å². The summed E-state index contributed by atoms with van der Waals surface area (Å²) in [6.45, 7) is 8.66. The monoisotopic (exact) mass is 297 g/mol. The SMILES string of the molecule is CC(C)(C)NCc1cccc(F)c1SC1CCOCC1. The van der Waals surface area contributed by atoms with Crippen LogP contribution in [0.25, 0.3) is 0 Å². The molecule has 0 atom stereocenters. The van der Waals surface area contributed by atoms with Gasteiger partial charge in [-0.3, -0.25) is 0 Å². The van der Waals surface area contributed by atoms with Crippen molar-refractivity contribution in [1.29, 1.82) is 0 Å². The standard InChI is InChI=1S/C16H24FNOS/c1-16(2,3)18-11-12-5-4-6-14(17)15(12)20-13-7-9-19-10-8-13/h4-6,13,18H,7-11H2,1-3H3. The van der Waals surface area contributed by atoms with E-state index in [-0.39, 0.29) is 11.4 Å². The highest BCUT2D eigenvalue weighted by Crippen LogP contribution is 2.34. The van der Waals surface area contributed by atoms with Crippen LogP contribution in [0, 0.1) is 5.82 Å². The molecule has 0 radical (unpaired) electrons. The Bertz CT molecular complexity index is 439. The van der Waals surface area contributed by atoms with Crippen molar-refractivity contribution in [3.63, 3.8) is 0 Å². The molecule has 0 bridgehead atoms. The maximum Gasteiger partial charge on any atom is 0.137 e. The Labute approximate surface area is 125 Å². The van der Waals surface area contributed by atoms with E-state index < -0.39 is 0 Å². The second kappa shape index (κ2) is 6.92. The molecule has 112 valence electrons. The molecule has 0 unspecified atom stereocenters. The van der Waals surface area contributed by atoms with Gasteiger partial charge in [-0.05, 0) is 45.2 Å². The van der Waals surface area contributed by atoms with E-state index in [2.05, 4.69) is 26.1 Å². The lowest BCUT2D eigenvalue weighted by Crippen LogP contribution is -2.35. The third kappa shape index (κ3) is 4.76. The number of thioether (sulfide) groups is 1. The minimum Gasteiger partial charge on any atom is -0.381 e. The summed E-state index contributed by atoms with van der Waals surface area (Å²) in [5.74, 6) is -0.102. The van der Waals surface area contributed by atoms with E-state index in [0.29, 0.717) is 11.8 Å². The van der Waals surface area contributed by atoms with Gasteiger partial charge in [-0.1, -0.05) is 12.1 Å². The van der Waals surface area contributed by atoms with Crippen molar-refractivity contribution in [2.24, 2.45) is 0 Å². The lowest BCUT2D eigenvalue weighted by Gasteiger charge is -2.24. The van der Waals surface area contributed by atoms with Gasteiger partial charge < -0.3 is 10.1 Å². The topological polar surface area (TPSA) is 21.3 Å². The van der Waals surface area contributed by atoms with Crippen LogP contribution in [0.15, 0.2) is 23.1 Å². The normalized spacial score (nSPS) is 17.4. The Morgan fingerprint density at radius 1 is 1.30 bits per heavy atom. The lowest BCUT2D eigenvalue weighted by atomic mass is 10.1. The molecule has 1 aliphatic rings. The van der Waals surface area contributed by atoms with Gasteiger partial charge in [-0.15, -0.1) is 11.8 Å². The van der Waals surface area contributed by atoms with E-state index in [1.165, 1.54) is 0 Å². The molecule has 0 aliphatic carbocycles. The van der Waals surface area contributed by atoms with Gasteiger partial charge in [0.05, 0.1) is 0 Å². The average molecular weight is 297 g/mol. The van der Waals surface area contributed by atoms with Gasteiger partial charge in [0.1, 0.15) is 5.82 Å². The minimum atomic E-state index is -0.102. The van der Waals surface area contributed by atoms with Gasteiger partial charge in [-0.25, -0.2) is 4.39 Å². The summed E-state index contributed by atoms with van der Waals surface area (Å²) in [4.78, 5) is 0.802. The molecule has 1 aromatic carbocycles. The molecule has 20 heavy (non-hydrogen) atoms. The fourth-order valence-electron chi connectivity index (χ4n) is 2.15. The zero-order valence-corrected chi connectivity index (χ0v) is 13.4. The second-order valence-corrected chi connectivity index (χ2v) is 7.57. The van der Waals surface area contributed by atoms with Crippen molar-refractivity contribution in [1.82, 2.24) is 5.32 Å². The molecule has 0 amide bonds. The Morgan fingerprint density at radius 3 is 2.65 bits per heavy atom. The van der Waals surface area contributed by atoms with E-state index in [1.54, 1.807) is 23.9 Å². The molecule has 0 spiro atoms. The zero-order chi connectivity index (χ0) is 14.6. The van der Waals surface area contributed by atoms with Gasteiger partial charge in [-0.2, -0.15) is 0 Å². The van der Waals surface area contributed by atoms with E-state index in [0.717, 1.165) is 36.5 Å². The zero-order valence-electron chi connectivity index (χ0n) is 12.5. The predicted molar refractivity (Wildman–Crippen MR) is 82.7 cm³/mol. The molecule has 1 saturated heterocycles. The third-order valence-electron chi connectivity index (χ3n) is 3.31. The number of nitrogens with one attached hydrogen (secondary N) is 1. The summed E-state index contributed by atoms with van der Waals surface area (Å²) in [5.41, 5.74) is 1.09.